The third kappa shape index (κ3) is 4.11. The molecule has 2 aromatic rings. The molecule has 114 valence electrons. The van der Waals surface area contributed by atoms with Crippen LogP contribution in [-0.4, -0.2) is 18.7 Å². The molecule has 4 nitrogen and oxygen atoms in total. The Morgan fingerprint density at radius 2 is 1.81 bits per heavy atom. The lowest BCUT2D eigenvalue weighted by Crippen LogP contribution is -2.04. The maximum atomic E-state index is 11.7. The highest BCUT2D eigenvalue weighted by Gasteiger charge is 2.10. The molecule has 21 heavy (non-hydrogen) atoms. The van der Waals surface area contributed by atoms with Gasteiger partial charge in [0.15, 0.2) is 9.84 Å². The highest BCUT2D eigenvalue weighted by molar-refractivity contribution is 7.91. The molecule has 0 aliphatic heterocycles. The Labute approximate surface area is 126 Å². The number of nitrogens with zero attached hydrogens (tertiary/aromatic N) is 1. The van der Waals surface area contributed by atoms with Gasteiger partial charge in [-0.2, -0.15) is 0 Å². The Kier molecular flexibility index (Phi) is 5.07. The van der Waals surface area contributed by atoms with Crippen molar-refractivity contribution in [2.75, 3.05) is 11.1 Å². The predicted octanol–water partition coefficient (Wildman–Crippen LogP) is 3.30. The average molecular weight is 306 g/mol. The molecule has 0 atom stereocenters. The summed E-state index contributed by atoms with van der Waals surface area (Å²) in [4.78, 5) is 0.379. The van der Waals surface area contributed by atoms with Gasteiger partial charge in [-0.1, -0.05) is 13.8 Å². The first kappa shape index (κ1) is 15.6. The van der Waals surface area contributed by atoms with E-state index in [1.165, 1.54) is 5.56 Å². The minimum Gasteiger partial charge on any atom is -0.381 e. The number of aromatic nitrogens is 1. The molecule has 0 fully saturated rings. The van der Waals surface area contributed by atoms with Crippen LogP contribution in [0.4, 0.5) is 5.69 Å². The van der Waals surface area contributed by atoms with Crippen molar-refractivity contribution in [2.24, 2.45) is 0 Å². The monoisotopic (exact) mass is 306 g/mol. The average Bonchev–Trinajstić information content (AvgIpc) is 2.94. The van der Waals surface area contributed by atoms with Gasteiger partial charge in [-0.25, -0.2) is 8.42 Å². The molecule has 0 aliphatic carbocycles. The number of aryl methyl sites for hydroxylation is 1. The highest BCUT2D eigenvalue weighted by Crippen LogP contribution is 2.16. The van der Waals surface area contributed by atoms with Crippen LogP contribution in [0.2, 0.25) is 0 Å². The van der Waals surface area contributed by atoms with Crippen LogP contribution < -0.4 is 5.32 Å². The van der Waals surface area contributed by atoms with Crippen LogP contribution in [-0.2, 0) is 22.9 Å². The number of benzene rings is 1. The summed E-state index contributed by atoms with van der Waals surface area (Å²) < 4.78 is 25.6. The first-order valence-electron chi connectivity index (χ1n) is 7.26. The van der Waals surface area contributed by atoms with Crippen molar-refractivity contribution in [2.45, 2.75) is 38.3 Å². The van der Waals surface area contributed by atoms with E-state index in [0.717, 1.165) is 25.2 Å². The van der Waals surface area contributed by atoms with Crippen molar-refractivity contribution in [3.63, 3.8) is 0 Å². The van der Waals surface area contributed by atoms with Crippen LogP contribution >= 0.6 is 0 Å². The lowest BCUT2D eigenvalue weighted by Gasteiger charge is -2.07. The lowest BCUT2D eigenvalue weighted by atomic mass is 10.3. The fourth-order valence-corrected chi connectivity index (χ4v) is 3.03. The standard InChI is InChI=1S/C16H22N2O2S/c1-3-10-18-11-9-14(13-18)12-17-15-5-7-16(8-6-15)21(19,20)4-2/h5-9,11,13,17H,3-4,10,12H2,1-2H3. The van der Waals surface area contributed by atoms with E-state index in [0.29, 0.717) is 4.90 Å². The van der Waals surface area contributed by atoms with Crippen LogP contribution in [0.15, 0.2) is 47.6 Å². The van der Waals surface area contributed by atoms with Gasteiger partial charge in [-0.15, -0.1) is 0 Å². The van der Waals surface area contributed by atoms with E-state index in [4.69, 9.17) is 0 Å². The van der Waals surface area contributed by atoms with E-state index in [9.17, 15) is 8.42 Å². The van der Waals surface area contributed by atoms with Gasteiger partial charge < -0.3 is 9.88 Å². The zero-order chi connectivity index (χ0) is 15.3. The molecular weight excluding hydrogens is 284 g/mol. The number of anilines is 1. The van der Waals surface area contributed by atoms with E-state index >= 15 is 0 Å². The van der Waals surface area contributed by atoms with Crippen LogP contribution in [0.25, 0.3) is 0 Å². The van der Waals surface area contributed by atoms with Crippen molar-refractivity contribution in [3.05, 3.63) is 48.3 Å². The molecule has 1 heterocycles. The van der Waals surface area contributed by atoms with Gasteiger partial charge in [0, 0.05) is 31.2 Å². The molecule has 0 spiro atoms. The largest absolute Gasteiger partial charge is 0.381 e. The van der Waals surface area contributed by atoms with Crippen molar-refractivity contribution < 1.29 is 8.42 Å². The van der Waals surface area contributed by atoms with Gasteiger partial charge in [0.2, 0.25) is 0 Å². The first-order chi connectivity index (χ1) is 10.0. The third-order valence-corrected chi connectivity index (χ3v) is 5.13. The summed E-state index contributed by atoms with van der Waals surface area (Å²) in [7, 11) is -3.12. The van der Waals surface area contributed by atoms with E-state index in [2.05, 4.69) is 35.3 Å². The second-order valence-corrected chi connectivity index (χ2v) is 7.32. The molecular formula is C16H22N2O2S. The van der Waals surface area contributed by atoms with Gasteiger partial charge >= 0.3 is 0 Å². The number of rotatable bonds is 7. The van der Waals surface area contributed by atoms with Crippen molar-refractivity contribution in [3.8, 4) is 0 Å². The summed E-state index contributed by atoms with van der Waals surface area (Å²) in [5, 5.41) is 3.30. The Bertz CT molecular complexity index is 673. The Morgan fingerprint density at radius 3 is 2.43 bits per heavy atom. The highest BCUT2D eigenvalue weighted by atomic mass is 32.2. The van der Waals surface area contributed by atoms with Gasteiger partial charge in [0.1, 0.15) is 0 Å². The maximum Gasteiger partial charge on any atom is 0.178 e. The van der Waals surface area contributed by atoms with E-state index < -0.39 is 9.84 Å². The van der Waals surface area contributed by atoms with E-state index in [-0.39, 0.29) is 5.75 Å². The summed E-state index contributed by atoms with van der Waals surface area (Å²) >= 11 is 0. The molecule has 0 radical (unpaired) electrons. The topological polar surface area (TPSA) is 51.1 Å². The quantitative estimate of drug-likeness (QED) is 0.854. The van der Waals surface area contributed by atoms with E-state index in [1.54, 1.807) is 19.1 Å². The van der Waals surface area contributed by atoms with Gasteiger partial charge in [0.05, 0.1) is 10.6 Å². The SMILES string of the molecule is CCCn1ccc(CNc2ccc(S(=O)(=O)CC)cc2)c1. The number of nitrogens with one attached hydrogen (secondary N) is 1. The van der Waals surface area contributed by atoms with Gasteiger partial charge in [-0.05, 0) is 42.3 Å². The summed E-state index contributed by atoms with van der Waals surface area (Å²) in [5.41, 5.74) is 2.14. The number of hydrogen-bond donors (Lipinski definition) is 1. The third-order valence-electron chi connectivity index (χ3n) is 3.38. The van der Waals surface area contributed by atoms with Crippen molar-refractivity contribution >= 4 is 15.5 Å². The zero-order valence-electron chi connectivity index (χ0n) is 12.5. The first-order valence-corrected chi connectivity index (χ1v) is 8.91. The van der Waals surface area contributed by atoms with E-state index in [1.807, 2.05) is 12.1 Å². The molecule has 5 heteroatoms. The maximum absolute atomic E-state index is 11.7. The van der Waals surface area contributed by atoms with Crippen molar-refractivity contribution in [1.29, 1.82) is 0 Å². The number of sulfone groups is 1. The molecule has 0 saturated heterocycles. The fraction of sp³-hybridized carbons (Fsp3) is 0.375. The Hall–Kier alpha value is -1.75. The molecule has 0 bridgehead atoms. The molecule has 1 aromatic heterocycles. The molecule has 0 saturated carbocycles. The van der Waals surface area contributed by atoms with Gasteiger partial charge in [0.25, 0.3) is 0 Å². The Morgan fingerprint density at radius 1 is 1.10 bits per heavy atom. The molecule has 1 N–H and O–H groups in total. The lowest BCUT2D eigenvalue weighted by molar-refractivity contribution is 0.597. The summed E-state index contributed by atoms with van der Waals surface area (Å²) in [6.45, 7) is 5.58. The second kappa shape index (κ2) is 6.80. The molecule has 0 unspecified atom stereocenters. The molecule has 0 aliphatic rings. The Balaban J connectivity index is 1.97. The molecule has 0 amide bonds. The van der Waals surface area contributed by atoms with Crippen LogP contribution in [0.3, 0.4) is 0 Å². The normalized spacial score (nSPS) is 11.5. The van der Waals surface area contributed by atoms with Crippen LogP contribution in [0, 0.1) is 0 Å². The fourth-order valence-electron chi connectivity index (χ4n) is 2.14. The van der Waals surface area contributed by atoms with Crippen LogP contribution in [0.1, 0.15) is 25.8 Å². The summed E-state index contributed by atoms with van der Waals surface area (Å²) in [6.07, 6.45) is 5.33. The minimum atomic E-state index is -3.12. The van der Waals surface area contributed by atoms with Crippen molar-refractivity contribution in [1.82, 2.24) is 4.57 Å². The smallest absolute Gasteiger partial charge is 0.178 e. The summed E-state index contributed by atoms with van der Waals surface area (Å²) in [6, 6.07) is 9.03. The predicted molar refractivity (Wildman–Crippen MR) is 86.2 cm³/mol. The number of hydrogen-bond acceptors (Lipinski definition) is 3. The minimum absolute atomic E-state index is 0.130. The van der Waals surface area contributed by atoms with Gasteiger partial charge in [-0.3, -0.25) is 0 Å². The molecule has 2 rings (SSSR count). The molecule has 1 aromatic carbocycles. The van der Waals surface area contributed by atoms with Crippen LogP contribution in [0.5, 0.6) is 0 Å². The summed E-state index contributed by atoms with van der Waals surface area (Å²) in [5.74, 6) is 0.130. The zero-order valence-corrected chi connectivity index (χ0v) is 13.4. The second-order valence-electron chi connectivity index (χ2n) is 5.04.